The summed E-state index contributed by atoms with van der Waals surface area (Å²) in [5.74, 6) is 6.11. The Hall–Kier alpha value is -1.53. The van der Waals surface area contributed by atoms with Crippen LogP contribution < -0.4 is 5.43 Å². The lowest BCUT2D eigenvalue weighted by Crippen LogP contribution is -2.00. The molecule has 0 bridgehead atoms. The van der Waals surface area contributed by atoms with Crippen molar-refractivity contribution in [2.24, 2.45) is 0 Å². The van der Waals surface area contributed by atoms with Crippen molar-refractivity contribution in [2.45, 2.75) is 6.42 Å². The molecule has 2 aromatic rings. The fraction of sp³-hybridized carbons (Fsp3) is 0.154. The summed E-state index contributed by atoms with van der Waals surface area (Å²) in [7, 11) is 0. The highest BCUT2D eigenvalue weighted by molar-refractivity contribution is 9.09. The Morgan fingerprint density at radius 3 is 3.00 bits per heavy atom. The van der Waals surface area contributed by atoms with E-state index < -0.39 is 0 Å². The molecule has 0 spiro atoms. The number of alkyl halides is 1. The van der Waals surface area contributed by atoms with Gasteiger partial charge >= 0.3 is 0 Å². The number of fused-ring (bicyclic) bond motifs is 1. The number of pyridine rings is 1. The molecule has 1 aromatic heterocycles. The van der Waals surface area contributed by atoms with E-state index >= 15 is 0 Å². The van der Waals surface area contributed by atoms with Gasteiger partial charge in [-0.2, -0.15) is 0 Å². The van der Waals surface area contributed by atoms with Gasteiger partial charge in [-0.3, -0.25) is 4.79 Å². The third kappa shape index (κ3) is 2.17. The number of halogens is 1. The first kappa shape index (κ1) is 11.0. The molecule has 0 aliphatic rings. The molecule has 0 saturated carbocycles. The third-order valence-electron chi connectivity index (χ3n) is 2.23. The van der Waals surface area contributed by atoms with Crippen LogP contribution in [-0.2, 0) is 0 Å². The molecule has 1 heterocycles. The molecule has 1 aromatic carbocycles. The van der Waals surface area contributed by atoms with E-state index in [0.717, 1.165) is 22.8 Å². The summed E-state index contributed by atoms with van der Waals surface area (Å²) >= 11 is 3.32. The number of hydrogen-bond acceptors (Lipinski definition) is 1. The molecule has 3 heteroatoms. The minimum absolute atomic E-state index is 0.0258. The number of aromatic amines is 1. The SMILES string of the molecule is O=c1cc[nH]c2c(C#CCCBr)cccc12. The van der Waals surface area contributed by atoms with E-state index in [1.165, 1.54) is 6.07 Å². The van der Waals surface area contributed by atoms with Crippen molar-refractivity contribution in [3.05, 3.63) is 46.2 Å². The number of para-hydroxylation sites is 1. The Bertz CT molecular complexity index is 619. The monoisotopic (exact) mass is 275 g/mol. The maximum Gasteiger partial charge on any atom is 0.189 e. The molecule has 2 rings (SSSR count). The summed E-state index contributed by atoms with van der Waals surface area (Å²) in [5, 5.41) is 1.55. The van der Waals surface area contributed by atoms with Crippen molar-refractivity contribution < 1.29 is 0 Å². The Balaban J connectivity index is 2.60. The fourth-order valence-corrected chi connectivity index (χ4v) is 1.71. The van der Waals surface area contributed by atoms with Crippen LogP contribution in [0.2, 0.25) is 0 Å². The minimum atomic E-state index is 0.0258. The molecule has 0 radical (unpaired) electrons. The van der Waals surface area contributed by atoms with Crippen LogP contribution >= 0.6 is 15.9 Å². The highest BCUT2D eigenvalue weighted by atomic mass is 79.9. The largest absolute Gasteiger partial charge is 0.360 e. The Kier molecular flexibility index (Phi) is 3.43. The first-order chi connectivity index (χ1) is 7.83. The van der Waals surface area contributed by atoms with E-state index in [9.17, 15) is 4.79 Å². The average Bonchev–Trinajstić information content (AvgIpc) is 2.31. The molecule has 0 aliphatic heterocycles. The molecule has 2 nitrogen and oxygen atoms in total. The van der Waals surface area contributed by atoms with Gasteiger partial charge in [0.25, 0.3) is 0 Å². The molecule has 0 unspecified atom stereocenters. The van der Waals surface area contributed by atoms with Gasteiger partial charge in [-0.25, -0.2) is 0 Å². The van der Waals surface area contributed by atoms with Gasteiger partial charge in [-0.15, -0.1) is 0 Å². The van der Waals surface area contributed by atoms with Gasteiger partial charge in [0.05, 0.1) is 5.52 Å². The predicted octanol–water partition coefficient (Wildman–Crippen LogP) is 2.66. The second-order valence-electron chi connectivity index (χ2n) is 3.31. The van der Waals surface area contributed by atoms with Gasteiger partial charge in [0, 0.05) is 35.0 Å². The number of nitrogens with one attached hydrogen (secondary N) is 1. The molecular formula is C13H10BrNO. The number of aromatic nitrogens is 1. The number of rotatable bonds is 1. The van der Waals surface area contributed by atoms with Crippen molar-refractivity contribution in [3.8, 4) is 11.8 Å². The molecule has 0 amide bonds. The van der Waals surface area contributed by atoms with Crippen LogP contribution in [0, 0.1) is 11.8 Å². The van der Waals surface area contributed by atoms with Crippen LogP contribution in [0.1, 0.15) is 12.0 Å². The van der Waals surface area contributed by atoms with E-state index in [4.69, 9.17) is 0 Å². The lowest BCUT2D eigenvalue weighted by atomic mass is 10.1. The lowest BCUT2D eigenvalue weighted by molar-refractivity contribution is 1.32. The normalized spacial score (nSPS) is 9.81. The Morgan fingerprint density at radius 2 is 2.19 bits per heavy atom. The number of hydrogen-bond donors (Lipinski definition) is 1. The average molecular weight is 276 g/mol. The topological polar surface area (TPSA) is 32.9 Å². The van der Waals surface area contributed by atoms with Gasteiger partial charge < -0.3 is 4.98 Å². The van der Waals surface area contributed by atoms with Crippen LogP contribution in [0.3, 0.4) is 0 Å². The molecule has 0 atom stereocenters. The van der Waals surface area contributed by atoms with E-state index in [0.29, 0.717) is 5.39 Å². The van der Waals surface area contributed by atoms with Crippen LogP contribution in [0.25, 0.3) is 10.9 Å². The lowest BCUT2D eigenvalue weighted by Gasteiger charge is -1.98. The maximum atomic E-state index is 11.6. The molecule has 80 valence electrons. The molecule has 0 aliphatic carbocycles. The third-order valence-corrected chi connectivity index (χ3v) is 2.63. The zero-order valence-electron chi connectivity index (χ0n) is 8.59. The summed E-state index contributed by atoms with van der Waals surface area (Å²) in [6, 6.07) is 7.11. The minimum Gasteiger partial charge on any atom is -0.360 e. The Labute approximate surface area is 102 Å². The first-order valence-electron chi connectivity index (χ1n) is 4.98. The quantitative estimate of drug-likeness (QED) is 0.630. The van der Waals surface area contributed by atoms with Crippen molar-refractivity contribution in [1.82, 2.24) is 4.98 Å². The van der Waals surface area contributed by atoms with Gasteiger partial charge in [0.1, 0.15) is 0 Å². The first-order valence-corrected chi connectivity index (χ1v) is 6.10. The van der Waals surface area contributed by atoms with Crippen molar-refractivity contribution in [3.63, 3.8) is 0 Å². The standard InChI is InChI=1S/C13H10BrNO/c14-8-2-1-4-10-5-3-6-11-12(16)7-9-15-13(10)11/h3,5-7,9H,2,8H2,(H,15,16). The highest BCUT2D eigenvalue weighted by Crippen LogP contribution is 2.11. The van der Waals surface area contributed by atoms with E-state index in [2.05, 4.69) is 32.8 Å². The summed E-state index contributed by atoms with van der Waals surface area (Å²) in [5.41, 5.74) is 1.71. The van der Waals surface area contributed by atoms with Crippen LogP contribution in [-0.4, -0.2) is 10.3 Å². The van der Waals surface area contributed by atoms with Crippen LogP contribution in [0.5, 0.6) is 0 Å². The van der Waals surface area contributed by atoms with E-state index in [1.54, 1.807) is 6.20 Å². The van der Waals surface area contributed by atoms with Gasteiger partial charge in [0.15, 0.2) is 5.43 Å². The van der Waals surface area contributed by atoms with E-state index in [1.807, 2.05) is 18.2 Å². The number of benzene rings is 1. The van der Waals surface area contributed by atoms with Gasteiger partial charge in [0.2, 0.25) is 0 Å². The fourth-order valence-electron chi connectivity index (χ4n) is 1.51. The van der Waals surface area contributed by atoms with Crippen molar-refractivity contribution >= 4 is 26.8 Å². The highest BCUT2D eigenvalue weighted by Gasteiger charge is 2.00. The van der Waals surface area contributed by atoms with Crippen LogP contribution in [0.15, 0.2) is 35.3 Å². The molecule has 0 saturated heterocycles. The molecular weight excluding hydrogens is 266 g/mol. The smallest absolute Gasteiger partial charge is 0.189 e. The summed E-state index contributed by atoms with van der Waals surface area (Å²) in [4.78, 5) is 14.7. The summed E-state index contributed by atoms with van der Waals surface area (Å²) in [6.07, 6.45) is 2.45. The summed E-state index contributed by atoms with van der Waals surface area (Å²) in [6.45, 7) is 0. The zero-order chi connectivity index (χ0) is 11.4. The number of H-pyrrole nitrogens is 1. The summed E-state index contributed by atoms with van der Waals surface area (Å²) < 4.78 is 0. The van der Waals surface area contributed by atoms with E-state index in [-0.39, 0.29) is 5.43 Å². The zero-order valence-corrected chi connectivity index (χ0v) is 10.2. The molecule has 1 N–H and O–H groups in total. The van der Waals surface area contributed by atoms with Crippen molar-refractivity contribution in [2.75, 3.05) is 5.33 Å². The molecule has 0 fully saturated rings. The predicted molar refractivity (Wildman–Crippen MR) is 69.9 cm³/mol. The molecule has 16 heavy (non-hydrogen) atoms. The maximum absolute atomic E-state index is 11.6. The second kappa shape index (κ2) is 5.00. The van der Waals surface area contributed by atoms with Crippen LogP contribution in [0.4, 0.5) is 0 Å². The van der Waals surface area contributed by atoms with Gasteiger partial charge in [-0.05, 0) is 12.1 Å². The Morgan fingerprint density at radius 1 is 1.31 bits per heavy atom. The van der Waals surface area contributed by atoms with Crippen molar-refractivity contribution in [1.29, 1.82) is 0 Å². The van der Waals surface area contributed by atoms with Gasteiger partial charge in [-0.1, -0.05) is 33.8 Å². The second-order valence-corrected chi connectivity index (χ2v) is 4.10.